The molecule has 214 valence electrons. The number of rotatable bonds is 5. The molecule has 2 unspecified atom stereocenters. The van der Waals surface area contributed by atoms with Crippen molar-refractivity contribution in [3.8, 4) is 5.75 Å². The zero-order valence-electron chi connectivity index (χ0n) is 23.2. The van der Waals surface area contributed by atoms with E-state index in [0.717, 1.165) is 18.7 Å². The van der Waals surface area contributed by atoms with Crippen LogP contribution in [0.15, 0.2) is 18.2 Å². The molecule has 1 amide bonds. The third-order valence-corrected chi connectivity index (χ3v) is 9.13. The number of fused-ring (bicyclic) bond motifs is 3. The van der Waals surface area contributed by atoms with E-state index in [-0.39, 0.29) is 24.2 Å². The van der Waals surface area contributed by atoms with Gasteiger partial charge in [0, 0.05) is 50.9 Å². The van der Waals surface area contributed by atoms with Crippen molar-refractivity contribution in [1.82, 2.24) is 9.80 Å². The Kier molecular flexibility index (Phi) is 6.96. The molecule has 4 N–H and O–H groups in total. The van der Waals surface area contributed by atoms with Gasteiger partial charge in [-0.3, -0.25) is 33.8 Å². The van der Waals surface area contributed by atoms with Gasteiger partial charge in [-0.05, 0) is 50.9 Å². The van der Waals surface area contributed by atoms with Crippen molar-refractivity contribution < 1.29 is 34.2 Å². The van der Waals surface area contributed by atoms with Crippen LogP contribution in [0.4, 0.5) is 5.69 Å². The minimum absolute atomic E-state index is 0.0272. The SMILES string of the molecule is CN(C)c1cc(CN2CC=CCC2)c(O)c2c1C[C@H]1C[C@H]3[C@@H](N(C)C)C(=O)C(C(N)=O)C(=O)[C@@]3(O)C(=O)C1C2=O. The minimum Gasteiger partial charge on any atom is -0.507 e. The van der Waals surface area contributed by atoms with Crippen LogP contribution >= 0.6 is 0 Å². The lowest BCUT2D eigenvalue weighted by Crippen LogP contribution is -2.74. The molecule has 0 saturated heterocycles. The Balaban J connectivity index is 1.62. The van der Waals surface area contributed by atoms with E-state index in [4.69, 9.17) is 5.73 Å². The number of nitrogens with two attached hydrogens (primary N) is 1. The van der Waals surface area contributed by atoms with Crippen LogP contribution in [0.1, 0.15) is 34.3 Å². The topological polar surface area (TPSA) is 162 Å². The summed E-state index contributed by atoms with van der Waals surface area (Å²) in [6.07, 6.45) is 5.28. The van der Waals surface area contributed by atoms with Gasteiger partial charge in [-0.15, -0.1) is 0 Å². The smallest absolute Gasteiger partial charge is 0.235 e. The maximum atomic E-state index is 14.1. The maximum absolute atomic E-state index is 14.1. The first kappa shape index (κ1) is 28.1. The molecule has 40 heavy (non-hydrogen) atoms. The summed E-state index contributed by atoms with van der Waals surface area (Å²) < 4.78 is 0. The van der Waals surface area contributed by atoms with Gasteiger partial charge in [-0.25, -0.2) is 0 Å². The number of carbonyl (C=O) groups is 5. The number of nitrogens with zero attached hydrogens (tertiary/aromatic N) is 3. The lowest BCUT2D eigenvalue weighted by atomic mass is 9.52. The number of aliphatic hydroxyl groups is 1. The van der Waals surface area contributed by atoms with Crippen LogP contribution in [0.25, 0.3) is 0 Å². The van der Waals surface area contributed by atoms with Crippen molar-refractivity contribution in [1.29, 1.82) is 0 Å². The van der Waals surface area contributed by atoms with E-state index in [1.165, 1.54) is 4.90 Å². The number of benzene rings is 1. The van der Waals surface area contributed by atoms with Crippen molar-refractivity contribution in [3.63, 3.8) is 0 Å². The lowest BCUT2D eigenvalue weighted by Gasteiger charge is -2.52. The van der Waals surface area contributed by atoms with E-state index in [9.17, 15) is 34.2 Å². The van der Waals surface area contributed by atoms with Crippen LogP contribution in [0, 0.1) is 23.7 Å². The number of hydrogen-bond donors (Lipinski definition) is 3. The molecule has 2 fully saturated rings. The highest BCUT2D eigenvalue weighted by Crippen LogP contribution is 2.52. The summed E-state index contributed by atoms with van der Waals surface area (Å²) in [4.78, 5) is 72.4. The summed E-state index contributed by atoms with van der Waals surface area (Å²) >= 11 is 0. The van der Waals surface area contributed by atoms with Crippen LogP contribution in [-0.2, 0) is 32.1 Å². The Morgan fingerprint density at radius 2 is 1.82 bits per heavy atom. The van der Waals surface area contributed by atoms with Crippen molar-refractivity contribution in [2.24, 2.45) is 29.4 Å². The summed E-state index contributed by atoms with van der Waals surface area (Å²) in [5.74, 6) is -10.3. The van der Waals surface area contributed by atoms with Gasteiger partial charge in [0.25, 0.3) is 0 Å². The Labute approximate surface area is 232 Å². The highest BCUT2D eigenvalue weighted by molar-refractivity contribution is 6.32. The van der Waals surface area contributed by atoms with Gasteiger partial charge >= 0.3 is 0 Å². The number of anilines is 1. The monoisotopic (exact) mass is 552 g/mol. The molecule has 4 aliphatic rings. The van der Waals surface area contributed by atoms with Crippen LogP contribution in [-0.4, -0.2) is 102 Å². The van der Waals surface area contributed by atoms with Crippen LogP contribution in [0.5, 0.6) is 5.75 Å². The van der Waals surface area contributed by atoms with Gasteiger partial charge in [0.2, 0.25) is 5.91 Å². The number of ketones is 4. The van der Waals surface area contributed by atoms with E-state index in [2.05, 4.69) is 11.0 Å². The van der Waals surface area contributed by atoms with E-state index < -0.39 is 64.4 Å². The first-order valence-electron chi connectivity index (χ1n) is 13.6. The lowest BCUT2D eigenvalue weighted by molar-refractivity contribution is -0.181. The number of phenols is 1. The van der Waals surface area contributed by atoms with E-state index in [1.54, 1.807) is 14.1 Å². The average molecular weight is 553 g/mol. The van der Waals surface area contributed by atoms with E-state index >= 15 is 0 Å². The number of carbonyl (C=O) groups excluding carboxylic acids is 5. The quantitative estimate of drug-likeness (QED) is 0.327. The number of Topliss-reactive ketones (excluding diaryl/α,β-unsaturated/α-hetero) is 4. The number of phenolic OH excluding ortho intramolecular Hbond substituents is 1. The Hall–Kier alpha value is -3.41. The summed E-state index contributed by atoms with van der Waals surface area (Å²) in [7, 11) is 6.81. The fraction of sp³-hybridized carbons (Fsp3) is 0.552. The van der Waals surface area contributed by atoms with E-state index in [0.29, 0.717) is 24.2 Å². The van der Waals surface area contributed by atoms with Crippen LogP contribution in [0.2, 0.25) is 0 Å². The number of likely N-dealkylation sites (N-methyl/N-ethyl adjacent to an activating group) is 1. The van der Waals surface area contributed by atoms with Crippen molar-refractivity contribution >= 4 is 34.7 Å². The molecule has 1 heterocycles. The Morgan fingerprint density at radius 3 is 2.40 bits per heavy atom. The molecule has 0 bridgehead atoms. The number of hydrogen-bond acceptors (Lipinski definition) is 10. The Morgan fingerprint density at radius 1 is 1.12 bits per heavy atom. The highest BCUT2D eigenvalue weighted by Gasteiger charge is 2.69. The number of aromatic hydroxyl groups is 1. The minimum atomic E-state index is -2.73. The first-order valence-corrected chi connectivity index (χ1v) is 13.6. The molecular weight excluding hydrogens is 516 g/mol. The van der Waals surface area contributed by atoms with Crippen LogP contribution < -0.4 is 10.6 Å². The van der Waals surface area contributed by atoms with Gasteiger partial charge in [-0.2, -0.15) is 0 Å². The Bertz CT molecular complexity index is 1350. The largest absolute Gasteiger partial charge is 0.507 e. The third-order valence-electron chi connectivity index (χ3n) is 9.13. The molecule has 11 nitrogen and oxygen atoms in total. The van der Waals surface area contributed by atoms with Gasteiger partial charge in [-0.1, -0.05) is 12.2 Å². The second kappa shape index (κ2) is 9.90. The molecule has 0 aromatic heterocycles. The molecule has 5 rings (SSSR count). The molecule has 1 aromatic rings. The molecule has 2 saturated carbocycles. The van der Waals surface area contributed by atoms with Gasteiger partial charge < -0.3 is 20.8 Å². The van der Waals surface area contributed by atoms with Crippen LogP contribution in [0.3, 0.4) is 0 Å². The first-order chi connectivity index (χ1) is 18.8. The number of primary amides is 1. The van der Waals surface area contributed by atoms with Crippen molar-refractivity contribution in [3.05, 3.63) is 34.9 Å². The maximum Gasteiger partial charge on any atom is 0.235 e. The summed E-state index contributed by atoms with van der Waals surface area (Å²) in [6, 6.07) is 0.749. The zero-order chi connectivity index (χ0) is 29.3. The zero-order valence-corrected chi connectivity index (χ0v) is 23.2. The van der Waals surface area contributed by atoms with Gasteiger partial charge in [0.1, 0.15) is 5.75 Å². The second-order valence-electron chi connectivity index (χ2n) is 11.9. The molecule has 1 aliphatic heterocycles. The summed E-state index contributed by atoms with van der Waals surface area (Å²) in [5, 5.41) is 23.1. The summed E-state index contributed by atoms with van der Waals surface area (Å²) in [6.45, 7) is 1.90. The predicted molar refractivity (Wildman–Crippen MR) is 145 cm³/mol. The normalized spacial score (nSPS) is 32.1. The predicted octanol–water partition coefficient (Wildman–Crippen LogP) is -0.305. The van der Waals surface area contributed by atoms with Gasteiger partial charge in [0.05, 0.1) is 17.5 Å². The molecule has 1 aromatic carbocycles. The molecule has 0 spiro atoms. The van der Waals surface area contributed by atoms with E-state index in [1.807, 2.05) is 31.1 Å². The molecule has 3 aliphatic carbocycles. The average Bonchev–Trinajstić information content (AvgIpc) is 2.87. The molecular formula is C29H36N4O7. The molecule has 0 radical (unpaired) electrons. The van der Waals surface area contributed by atoms with Crippen molar-refractivity contribution in [2.75, 3.05) is 46.2 Å². The summed E-state index contributed by atoms with van der Waals surface area (Å²) in [5.41, 5.74) is 4.57. The van der Waals surface area contributed by atoms with Crippen molar-refractivity contribution in [2.45, 2.75) is 37.5 Å². The number of amides is 1. The fourth-order valence-electron chi connectivity index (χ4n) is 7.30. The van der Waals surface area contributed by atoms with Gasteiger partial charge in [0.15, 0.2) is 34.7 Å². The third kappa shape index (κ3) is 4.02. The standard InChI is InChI=1S/C29H36N4O7/c1-31(2)18-12-15(13-33-8-6-5-7-9-33)23(34)20-16(18)10-14-11-17-22(32(3)4)25(36)21(28(30)39)27(38)29(17,40)26(37)19(14)24(20)35/h5-6,12,14,17,19,21-22,34,40H,7-11,13H2,1-4H3,(H2,30,39)/t14-,17-,19?,21?,22+,29-/m0/s1. The fourth-order valence-corrected chi connectivity index (χ4v) is 7.30. The second-order valence-corrected chi connectivity index (χ2v) is 11.9. The highest BCUT2D eigenvalue weighted by atomic mass is 16.3. The molecule has 11 heteroatoms. The molecule has 6 atom stereocenters.